The third-order valence-corrected chi connectivity index (χ3v) is 6.58. The van der Waals surface area contributed by atoms with E-state index in [1.54, 1.807) is 0 Å². The van der Waals surface area contributed by atoms with Crippen LogP contribution >= 0.6 is 24.2 Å². The van der Waals surface area contributed by atoms with Crippen LogP contribution in [0.15, 0.2) is 29.2 Å². The van der Waals surface area contributed by atoms with Crippen molar-refractivity contribution in [2.24, 2.45) is 5.92 Å². The molecule has 0 aromatic heterocycles. The molecule has 2 aliphatic heterocycles. The van der Waals surface area contributed by atoms with Gasteiger partial charge in [0.15, 0.2) is 0 Å². The molecule has 1 aromatic rings. The molecular formula is C18H25ClN2OS. The summed E-state index contributed by atoms with van der Waals surface area (Å²) in [6.07, 6.45) is 7.26. The van der Waals surface area contributed by atoms with E-state index in [0.29, 0.717) is 6.04 Å². The SMILES string of the molecule is Cl.O=C(NC1CCSc2ccccc21)C1CC2CCCCC2N1. The van der Waals surface area contributed by atoms with E-state index >= 15 is 0 Å². The fourth-order valence-corrected chi connectivity index (χ4v) is 5.41. The molecule has 4 rings (SSSR count). The maximum atomic E-state index is 12.7. The number of rotatable bonds is 2. The van der Waals surface area contributed by atoms with Crippen molar-refractivity contribution in [3.05, 3.63) is 29.8 Å². The number of carbonyl (C=O) groups excluding carboxylic acids is 1. The molecule has 4 atom stereocenters. The van der Waals surface area contributed by atoms with Crippen molar-refractivity contribution < 1.29 is 4.79 Å². The quantitative estimate of drug-likeness (QED) is 0.853. The summed E-state index contributed by atoms with van der Waals surface area (Å²) in [5.74, 6) is 2.02. The summed E-state index contributed by atoms with van der Waals surface area (Å²) in [5.41, 5.74) is 1.29. The van der Waals surface area contributed by atoms with E-state index in [4.69, 9.17) is 0 Å². The summed E-state index contributed by atoms with van der Waals surface area (Å²) in [5, 5.41) is 6.90. The van der Waals surface area contributed by atoms with Gasteiger partial charge in [-0.1, -0.05) is 31.0 Å². The van der Waals surface area contributed by atoms with Gasteiger partial charge in [0, 0.05) is 16.7 Å². The molecule has 23 heavy (non-hydrogen) atoms. The van der Waals surface area contributed by atoms with Crippen LogP contribution in [-0.4, -0.2) is 23.7 Å². The number of fused-ring (bicyclic) bond motifs is 2. The van der Waals surface area contributed by atoms with E-state index in [9.17, 15) is 4.79 Å². The van der Waals surface area contributed by atoms with Crippen molar-refractivity contribution in [3.63, 3.8) is 0 Å². The third kappa shape index (κ3) is 3.54. The van der Waals surface area contributed by atoms with E-state index in [-0.39, 0.29) is 30.4 Å². The predicted octanol–water partition coefficient (Wildman–Crippen LogP) is 3.68. The van der Waals surface area contributed by atoms with Crippen LogP contribution in [0, 0.1) is 5.92 Å². The van der Waals surface area contributed by atoms with E-state index in [1.165, 1.54) is 36.1 Å². The number of hydrogen-bond acceptors (Lipinski definition) is 3. The smallest absolute Gasteiger partial charge is 0.237 e. The molecule has 1 aromatic carbocycles. The summed E-state index contributed by atoms with van der Waals surface area (Å²) < 4.78 is 0. The average Bonchev–Trinajstić information content (AvgIpc) is 2.99. The molecule has 5 heteroatoms. The molecule has 2 fully saturated rings. The lowest BCUT2D eigenvalue weighted by molar-refractivity contribution is -0.123. The van der Waals surface area contributed by atoms with Gasteiger partial charge in [0.05, 0.1) is 12.1 Å². The van der Waals surface area contributed by atoms with Crippen LogP contribution in [0.3, 0.4) is 0 Å². The highest BCUT2D eigenvalue weighted by atomic mass is 35.5. The second-order valence-corrected chi connectivity index (χ2v) is 7.98. The minimum absolute atomic E-state index is 0. The number of hydrogen-bond donors (Lipinski definition) is 2. The maximum Gasteiger partial charge on any atom is 0.237 e. The van der Waals surface area contributed by atoms with Gasteiger partial charge in [0.2, 0.25) is 5.91 Å². The van der Waals surface area contributed by atoms with Crippen LogP contribution in [-0.2, 0) is 4.79 Å². The van der Waals surface area contributed by atoms with Crippen LogP contribution in [0.4, 0.5) is 0 Å². The zero-order chi connectivity index (χ0) is 14.9. The molecule has 0 bridgehead atoms. The molecular weight excluding hydrogens is 328 g/mol. The van der Waals surface area contributed by atoms with Crippen LogP contribution in [0.2, 0.25) is 0 Å². The zero-order valence-corrected chi connectivity index (χ0v) is 14.9. The van der Waals surface area contributed by atoms with E-state index in [2.05, 4.69) is 34.9 Å². The predicted molar refractivity (Wildman–Crippen MR) is 97.2 cm³/mol. The lowest BCUT2D eigenvalue weighted by Crippen LogP contribution is -2.44. The molecule has 4 unspecified atom stereocenters. The summed E-state index contributed by atoms with van der Waals surface area (Å²) in [6.45, 7) is 0. The third-order valence-electron chi connectivity index (χ3n) is 5.45. The Balaban J connectivity index is 0.00000156. The van der Waals surface area contributed by atoms with Crippen LogP contribution in [0.5, 0.6) is 0 Å². The van der Waals surface area contributed by atoms with Gasteiger partial charge in [-0.2, -0.15) is 0 Å². The lowest BCUT2D eigenvalue weighted by atomic mass is 9.85. The highest BCUT2D eigenvalue weighted by Gasteiger charge is 2.38. The summed E-state index contributed by atoms with van der Waals surface area (Å²) >= 11 is 1.90. The zero-order valence-electron chi connectivity index (χ0n) is 13.3. The Bertz CT molecular complexity index is 554. The number of amides is 1. The van der Waals surface area contributed by atoms with Crippen molar-refractivity contribution in [3.8, 4) is 0 Å². The first kappa shape index (κ1) is 17.1. The molecule has 1 saturated carbocycles. The summed E-state index contributed by atoms with van der Waals surface area (Å²) in [6, 6.07) is 9.28. The van der Waals surface area contributed by atoms with Crippen molar-refractivity contribution in [1.82, 2.24) is 10.6 Å². The van der Waals surface area contributed by atoms with Crippen molar-refractivity contribution >= 4 is 30.1 Å². The highest BCUT2D eigenvalue weighted by Crippen LogP contribution is 2.37. The van der Waals surface area contributed by atoms with Gasteiger partial charge in [-0.25, -0.2) is 0 Å². The lowest BCUT2D eigenvalue weighted by Gasteiger charge is -2.27. The van der Waals surface area contributed by atoms with Crippen molar-refractivity contribution in [2.45, 2.75) is 61.5 Å². The number of carbonyl (C=O) groups is 1. The molecule has 2 N–H and O–H groups in total. The average molecular weight is 353 g/mol. The number of benzene rings is 1. The first-order chi connectivity index (χ1) is 10.8. The minimum atomic E-state index is 0. The van der Waals surface area contributed by atoms with Gasteiger partial charge in [-0.05, 0) is 43.2 Å². The van der Waals surface area contributed by atoms with Crippen LogP contribution in [0.25, 0.3) is 0 Å². The second-order valence-electron chi connectivity index (χ2n) is 6.84. The molecule has 2 heterocycles. The number of halogens is 1. The van der Waals surface area contributed by atoms with Crippen LogP contribution in [0.1, 0.15) is 50.1 Å². The standard InChI is InChI=1S/C18H24N2OS.ClH/c21-18(16-11-12-5-1-3-7-14(12)19-16)20-15-9-10-22-17-8-4-2-6-13(15)17;/h2,4,6,8,12,14-16,19H,1,3,5,7,9-11H2,(H,20,21);1H. The largest absolute Gasteiger partial charge is 0.348 e. The second kappa shape index (κ2) is 7.45. The van der Waals surface area contributed by atoms with Gasteiger partial charge < -0.3 is 10.6 Å². The summed E-state index contributed by atoms with van der Waals surface area (Å²) in [7, 11) is 0. The van der Waals surface area contributed by atoms with E-state index in [1.807, 2.05) is 11.8 Å². The number of nitrogens with one attached hydrogen (secondary N) is 2. The molecule has 1 amide bonds. The Labute approximate surface area is 148 Å². The molecule has 3 aliphatic rings. The molecule has 1 aliphatic carbocycles. The van der Waals surface area contributed by atoms with Gasteiger partial charge in [0.25, 0.3) is 0 Å². The molecule has 126 valence electrons. The normalized spacial score (nSPS) is 32.3. The van der Waals surface area contributed by atoms with Gasteiger partial charge in [0.1, 0.15) is 0 Å². The van der Waals surface area contributed by atoms with E-state index < -0.39 is 0 Å². The first-order valence-corrected chi connectivity index (χ1v) is 9.58. The Morgan fingerprint density at radius 3 is 2.87 bits per heavy atom. The first-order valence-electron chi connectivity index (χ1n) is 8.59. The molecule has 3 nitrogen and oxygen atoms in total. The van der Waals surface area contributed by atoms with Gasteiger partial charge >= 0.3 is 0 Å². The van der Waals surface area contributed by atoms with Crippen LogP contribution < -0.4 is 10.6 Å². The molecule has 1 saturated heterocycles. The summed E-state index contributed by atoms with van der Waals surface area (Å²) in [4.78, 5) is 14.0. The Hall–Kier alpha value is -0.710. The minimum Gasteiger partial charge on any atom is -0.348 e. The fourth-order valence-electron chi connectivity index (χ4n) is 4.29. The van der Waals surface area contributed by atoms with Crippen molar-refractivity contribution in [1.29, 1.82) is 0 Å². The Morgan fingerprint density at radius 1 is 1.17 bits per heavy atom. The Morgan fingerprint density at radius 2 is 2.00 bits per heavy atom. The highest BCUT2D eigenvalue weighted by molar-refractivity contribution is 7.99. The van der Waals surface area contributed by atoms with E-state index in [0.717, 1.165) is 24.5 Å². The topological polar surface area (TPSA) is 41.1 Å². The number of thioether (sulfide) groups is 1. The monoisotopic (exact) mass is 352 g/mol. The molecule has 0 radical (unpaired) electrons. The molecule has 0 spiro atoms. The fraction of sp³-hybridized carbons (Fsp3) is 0.611. The maximum absolute atomic E-state index is 12.7. The van der Waals surface area contributed by atoms with Crippen molar-refractivity contribution in [2.75, 3.05) is 5.75 Å². The Kier molecular flexibility index (Phi) is 5.55. The van der Waals surface area contributed by atoms with Gasteiger partial charge in [-0.15, -0.1) is 24.2 Å². The van der Waals surface area contributed by atoms with Gasteiger partial charge in [-0.3, -0.25) is 4.79 Å².